The Morgan fingerprint density at radius 2 is 1.87 bits per heavy atom. The molecule has 1 fully saturated rings. The van der Waals surface area contributed by atoms with Gasteiger partial charge < -0.3 is 14.8 Å². The first-order valence-corrected chi connectivity index (χ1v) is 11.1. The Morgan fingerprint density at radius 1 is 1.19 bits per heavy atom. The van der Waals surface area contributed by atoms with Gasteiger partial charge in [0.05, 0.1) is 22.0 Å². The summed E-state index contributed by atoms with van der Waals surface area (Å²) in [7, 11) is -2.36. The SMILES string of the molecule is COc1ccc(NC(=O)COc2ccc(S(=O)(=O)N3CCCC3)cc2[N+](=O)[O-])cc1Cl. The van der Waals surface area contributed by atoms with Crippen molar-refractivity contribution in [2.24, 2.45) is 0 Å². The number of halogens is 1. The Bertz CT molecular complexity index is 1100. The fourth-order valence-electron chi connectivity index (χ4n) is 3.08. The number of anilines is 1. The second-order valence-corrected chi connectivity index (χ2v) is 9.03. The van der Waals surface area contributed by atoms with Crippen LogP contribution in [0.2, 0.25) is 5.02 Å². The third-order valence-electron chi connectivity index (χ3n) is 4.62. The highest BCUT2D eigenvalue weighted by molar-refractivity contribution is 7.89. The maximum absolute atomic E-state index is 12.6. The zero-order valence-electron chi connectivity index (χ0n) is 16.5. The van der Waals surface area contributed by atoms with Gasteiger partial charge in [-0.25, -0.2) is 8.42 Å². The first-order chi connectivity index (χ1) is 14.7. The van der Waals surface area contributed by atoms with Gasteiger partial charge in [-0.3, -0.25) is 14.9 Å². The Morgan fingerprint density at radius 3 is 2.48 bits per heavy atom. The first kappa shape index (κ1) is 22.8. The summed E-state index contributed by atoms with van der Waals surface area (Å²) in [5.41, 5.74) is -0.151. The molecule has 0 saturated carbocycles. The maximum atomic E-state index is 12.6. The van der Waals surface area contributed by atoms with Crippen LogP contribution >= 0.6 is 11.6 Å². The number of carbonyl (C=O) groups excluding carboxylic acids is 1. The number of benzene rings is 2. The molecule has 0 unspecified atom stereocenters. The van der Waals surface area contributed by atoms with Gasteiger partial charge in [-0.1, -0.05) is 11.6 Å². The van der Waals surface area contributed by atoms with E-state index in [0.29, 0.717) is 29.5 Å². The molecule has 31 heavy (non-hydrogen) atoms. The average molecular weight is 470 g/mol. The van der Waals surface area contributed by atoms with E-state index in [1.807, 2.05) is 0 Å². The van der Waals surface area contributed by atoms with Crippen molar-refractivity contribution in [3.05, 3.63) is 51.5 Å². The Hall–Kier alpha value is -2.89. The number of amides is 1. The quantitative estimate of drug-likeness (QED) is 0.464. The normalized spacial score (nSPS) is 14.3. The van der Waals surface area contributed by atoms with Crippen LogP contribution in [0.1, 0.15) is 12.8 Å². The number of nitro benzene ring substituents is 1. The van der Waals surface area contributed by atoms with Gasteiger partial charge >= 0.3 is 5.69 Å². The zero-order valence-corrected chi connectivity index (χ0v) is 18.1. The Labute approximate surface area is 183 Å². The lowest BCUT2D eigenvalue weighted by Crippen LogP contribution is -2.28. The number of rotatable bonds is 8. The van der Waals surface area contributed by atoms with E-state index >= 15 is 0 Å². The summed E-state index contributed by atoms with van der Waals surface area (Å²) < 4.78 is 36.9. The molecule has 0 aliphatic carbocycles. The number of methoxy groups -OCH3 is 1. The summed E-state index contributed by atoms with van der Waals surface area (Å²) in [4.78, 5) is 22.7. The van der Waals surface area contributed by atoms with E-state index in [-0.39, 0.29) is 10.6 Å². The zero-order chi connectivity index (χ0) is 22.6. The predicted octanol–water partition coefficient (Wildman–Crippen LogP) is 3.06. The molecule has 1 aliphatic rings. The molecule has 0 bridgehead atoms. The Kier molecular flexibility index (Phi) is 6.98. The van der Waals surface area contributed by atoms with Gasteiger partial charge in [-0.15, -0.1) is 0 Å². The highest BCUT2D eigenvalue weighted by Crippen LogP contribution is 2.32. The minimum atomic E-state index is -3.82. The van der Waals surface area contributed by atoms with Crippen molar-refractivity contribution >= 4 is 38.9 Å². The van der Waals surface area contributed by atoms with Crippen molar-refractivity contribution in [3.63, 3.8) is 0 Å². The topological polar surface area (TPSA) is 128 Å². The highest BCUT2D eigenvalue weighted by Gasteiger charge is 2.30. The molecule has 0 radical (unpaired) electrons. The maximum Gasteiger partial charge on any atom is 0.312 e. The van der Waals surface area contributed by atoms with E-state index in [2.05, 4.69) is 5.32 Å². The van der Waals surface area contributed by atoms with Crippen molar-refractivity contribution in [2.75, 3.05) is 32.1 Å². The smallest absolute Gasteiger partial charge is 0.312 e. The second kappa shape index (κ2) is 9.50. The molecule has 0 spiro atoms. The molecule has 1 aliphatic heterocycles. The van der Waals surface area contributed by atoms with Crippen LogP contribution in [0.25, 0.3) is 0 Å². The third-order valence-corrected chi connectivity index (χ3v) is 6.81. The number of nitro groups is 1. The highest BCUT2D eigenvalue weighted by atomic mass is 35.5. The molecule has 0 aromatic heterocycles. The summed E-state index contributed by atoms with van der Waals surface area (Å²) in [5.74, 6) is -0.354. The molecule has 2 aromatic rings. The lowest BCUT2D eigenvalue weighted by Gasteiger charge is -2.16. The molecule has 2 aromatic carbocycles. The van der Waals surface area contributed by atoms with Crippen LogP contribution in [-0.4, -0.2) is 50.4 Å². The van der Waals surface area contributed by atoms with Crippen molar-refractivity contribution in [3.8, 4) is 11.5 Å². The summed E-state index contributed by atoms with van der Waals surface area (Å²) in [6.45, 7) is 0.233. The number of hydrogen-bond donors (Lipinski definition) is 1. The second-order valence-electron chi connectivity index (χ2n) is 6.68. The van der Waals surface area contributed by atoms with E-state index in [4.69, 9.17) is 21.1 Å². The molecule has 3 rings (SSSR count). The fraction of sp³-hybridized carbons (Fsp3) is 0.316. The lowest BCUT2D eigenvalue weighted by atomic mass is 10.3. The van der Waals surface area contributed by atoms with E-state index in [1.165, 1.54) is 29.6 Å². The van der Waals surface area contributed by atoms with E-state index in [0.717, 1.165) is 18.9 Å². The standard InChI is InChI=1S/C19H20ClN3O7S/c1-29-17-6-4-13(10-15(17)20)21-19(24)12-30-18-7-5-14(11-16(18)23(25)26)31(27,28)22-8-2-3-9-22/h4-7,10-11H,2-3,8-9,12H2,1H3,(H,21,24). The van der Waals surface area contributed by atoms with Gasteiger partial charge in [0.25, 0.3) is 5.91 Å². The van der Waals surface area contributed by atoms with Crippen LogP contribution in [0.5, 0.6) is 11.5 Å². The number of hydrogen-bond acceptors (Lipinski definition) is 7. The van der Waals surface area contributed by atoms with Crippen LogP contribution in [0, 0.1) is 10.1 Å². The largest absolute Gasteiger partial charge is 0.495 e. The van der Waals surface area contributed by atoms with Crippen LogP contribution < -0.4 is 14.8 Å². The van der Waals surface area contributed by atoms with Crippen molar-refractivity contribution < 1.29 is 27.6 Å². The molecule has 10 nitrogen and oxygen atoms in total. The van der Waals surface area contributed by atoms with Crippen molar-refractivity contribution in [2.45, 2.75) is 17.7 Å². The van der Waals surface area contributed by atoms with E-state index in [1.54, 1.807) is 12.1 Å². The van der Waals surface area contributed by atoms with Gasteiger partial charge in [0, 0.05) is 24.8 Å². The van der Waals surface area contributed by atoms with Gasteiger partial charge in [-0.2, -0.15) is 4.31 Å². The van der Waals surface area contributed by atoms with Crippen LogP contribution in [-0.2, 0) is 14.8 Å². The summed E-state index contributed by atoms with van der Waals surface area (Å²) in [6, 6.07) is 7.99. The molecule has 166 valence electrons. The number of sulfonamides is 1. The van der Waals surface area contributed by atoms with E-state index < -0.39 is 33.1 Å². The van der Waals surface area contributed by atoms with Crippen LogP contribution in [0.4, 0.5) is 11.4 Å². The van der Waals surface area contributed by atoms with Crippen LogP contribution in [0.3, 0.4) is 0 Å². The minimum Gasteiger partial charge on any atom is -0.495 e. The predicted molar refractivity (Wildman–Crippen MR) is 113 cm³/mol. The number of carbonyl (C=O) groups is 1. The molecule has 0 atom stereocenters. The van der Waals surface area contributed by atoms with E-state index in [9.17, 15) is 23.3 Å². The third kappa shape index (κ3) is 5.24. The molecular weight excluding hydrogens is 450 g/mol. The molecular formula is C19H20ClN3O7S. The van der Waals surface area contributed by atoms with Crippen LogP contribution in [0.15, 0.2) is 41.3 Å². The van der Waals surface area contributed by atoms with Gasteiger partial charge in [0.2, 0.25) is 10.0 Å². The molecule has 1 N–H and O–H groups in total. The summed E-state index contributed by atoms with van der Waals surface area (Å²) in [5, 5.41) is 14.3. The monoisotopic (exact) mass is 469 g/mol. The van der Waals surface area contributed by atoms with Gasteiger partial charge in [-0.05, 0) is 43.2 Å². The number of ether oxygens (including phenoxy) is 2. The lowest BCUT2D eigenvalue weighted by molar-refractivity contribution is -0.386. The molecule has 1 amide bonds. The first-order valence-electron chi connectivity index (χ1n) is 9.27. The minimum absolute atomic E-state index is 0.189. The molecule has 12 heteroatoms. The van der Waals surface area contributed by atoms with Crippen molar-refractivity contribution in [1.82, 2.24) is 4.31 Å². The fourth-order valence-corrected chi connectivity index (χ4v) is 4.88. The average Bonchev–Trinajstić information content (AvgIpc) is 3.28. The summed E-state index contributed by atoms with van der Waals surface area (Å²) >= 11 is 6.01. The Balaban J connectivity index is 1.71. The number of nitrogens with one attached hydrogen (secondary N) is 1. The van der Waals surface area contributed by atoms with Gasteiger partial charge in [0.15, 0.2) is 12.4 Å². The molecule has 1 heterocycles. The summed E-state index contributed by atoms with van der Waals surface area (Å²) in [6.07, 6.45) is 1.49. The number of nitrogens with zero attached hydrogens (tertiary/aromatic N) is 2. The van der Waals surface area contributed by atoms with Gasteiger partial charge in [0.1, 0.15) is 5.75 Å². The van der Waals surface area contributed by atoms with Crippen molar-refractivity contribution in [1.29, 1.82) is 0 Å². The molecule has 1 saturated heterocycles.